The Morgan fingerprint density at radius 1 is 1.57 bits per heavy atom. The standard InChI is InChI=1S/C13H19N5O3/c1-16(2)9-4-3-5-17(8-9)13(19)11-6-10(18(20)21)7-15-12(11)14/h6-7,9H,3-5,8H2,1-2H3,(H2,14,15). The lowest BCUT2D eigenvalue weighted by Gasteiger charge is -2.36. The van der Waals surface area contributed by atoms with E-state index in [1.807, 2.05) is 14.1 Å². The number of hydrogen-bond acceptors (Lipinski definition) is 6. The molecule has 1 amide bonds. The molecule has 2 heterocycles. The van der Waals surface area contributed by atoms with Gasteiger partial charge in [0.1, 0.15) is 12.0 Å². The van der Waals surface area contributed by atoms with Crippen molar-refractivity contribution in [1.82, 2.24) is 14.8 Å². The fourth-order valence-corrected chi connectivity index (χ4v) is 2.47. The van der Waals surface area contributed by atoms with Crippen LogP contribution in [-0.2, 0) is 0 Å². The van der Waals surface area contributed by atoms with Gasteiger partial charge in [0.2, 0.25) is 0 Å². The summed E-state index contributed by atoms with van der Waals surface area (Å²) in [6.07, 6.45) is 2.99. The molecule has 1 saturated heterocycles. The maximum Gasteiger partial charge on any atom is 0.288 e. The highest BCUT2D eigenvalue weighted by Crippen LogP contribution is 2.21. The Morgan fingerprint density at radius 2 is 2.29 bits per heavy atom. The summed E-state index contributed by atoms with van der Waals surface area (Å²) in [4.78, 5) is 30.3. The summed E-state index contributed by atoms with van der Waals surface area (Å²) in [6.45, 7) is 1.22. The molecule has 2 rings (SSSR count). The third-order valence-corrected chi connectivity index (χ3v) is 3.76. The van der Waals surface area contributed by atoms with Gasteiger partial charge in [0.25, 0.3) is 11.6 Å². The van der Waals surface area contributed by atoms with Crippen LogP contribution in [0.5, 0.6) is 0 Å². The molecule has 114 valence electrons. The van der Waals surface area contributed by atoms with E-state index in [1.165, 1.54) is 6.07 Å². The van der Waals surface area contributed by atoms with Gasteiger partial charge in [-0.05, 0) is 26.9 Å². The number of likely N-dealkylation sites (N-methyl/N-ethyl adjacent to an activating group) is 1. The Hall–Kier alpha value is -2.22. The molecule has 21 heavy (non-hydrogen) atoms. The summed E-state index contributed by atoms with van der Waals surface area (Å²) < 4.78 is 0. The van der Waals surface area contributed by atoms with Crippen LogP contribution in [0.3, 0.4) is 0 Å². The Balaban J connectivity index is 2.23. The molecule has 8 nitrogen and oxygen atoms in total. The maximum atomic E-state index is 12.5. The van der Waals surface area contributed by atoms with Gasteiger partial charge in [0, 0.05) is 25.2 Å². The summed E-state index contributed by atoms with van der Waals surface area (Å²) in [6, 6.07) is 1.49. The van der Waals surface area contributed by atoms with Crippen LogP contribution in [0.25, 0.3) is 0 Å². The first kappa shape index (κ1) is 15.2. The number of rotatable bonds is 3. The maximum absolute atomic E-state index is 12.5. The lowest BCUT2D eigenvalue weighted by molar-refractivity contribution is -0.385. The van der Waals surface area contributed by atoms with Crippen molar-refractivity contribution < 1.29 is 9.72 Å². The van der Waals surface area contributed by atoms with E-state index in [0.717, 1.165) is 19.0 Å². The minimum atomic E-state index is -0.581. The average molecular weight is 293 g/mol. The molecule has 0 bridgehead atoms. The van der Waals surface area contributed by atoms with Gasteiger partial charge in [-0.3, -0.25) is 14.9 Å². The lowest BCUT2D eigenvalue weighted by atomic mass is 10.0. The Bertz CT molecular complexity index is 561. The number of carbonyl (C=O) groups excluding carboxylic acids is 1. The van der Waals surface area contributed by atoms with Gasteiger partial charge in [-0.25, -0.2) is 4.98 Å². The molecule has 1 aromatic heterocycles. The number of nitrogens with zero attached hydrogens (tertiary/aromatic N) is 4. The van der Waals surface area contributed by atoms with Gasteiger partial charge in [0.15, 0.2) is 0 Å². The summed E-state index contributed by atoms with van der Waals surface area (Å²) in [5.74, 6) is -0.271. The number of pyridine rings is 1. The number of aromatic nitrogens is 1. The van der Waals surface area contributed by atoms with Crippen LogP contribution in [0, 0.1) is 10.1 Å². The van der Waals surface area contributed by atoms with Crippen LogP contribution in [-0.4, -0.2) is 58.8 Å². The molecule has 0 aliphatic carbocycles. The molecule has 0 saturated carbocycles. The van der Waals surface area contributed by atoms with E-state index in [2.05, 4.69) is 9.88 Å². The number of likely N-dealkylation sites (tertiary alicyclic amines) is 1. The highest BCUT2D eigenvalue weighted by Gasteiger charge is 2.27. The fourth-order valence-electron chi connectivity index (χ4n) is 2.47. The minimum absolute atomic E-state index is 0.0255. The number of nitrogens with two attached hydrogens (primary N) is 1. The molecule has 1 fully saturated rings. The highest BCUT2D eigenvalue weighted by molar-refractivity contribution is 5.99. The van der Waals surface area contributed by atoms with Crippen LogP contribution < -0.4 is 5.73 Å². The lowest BCUT2D eigenvalue weighted by Crippen LogP contribution is -2.47. The normalized spacial score (nSPS) is 18.8. The van der Waals surface area contributed by atoms with Crippen LogP contribution in [0.1, 0.15) is 23.2 Å². The third-order valence-electron chi connectivity index (χ3n) is 3.76. The second-order valence-electron chi connectivity index (χ2n) is 5.39. The molecule has 0 spiro atoms. The van der Waals surface area contributed by atoms with Gasteiger partial charge in [0.05, 0.1) is 10.5 Å². The number of hydrogen-bond donors (Lipinski definition) is 1. The highest BCUT2D eigenvalue weighted by atomic mass is 16.6. The first-order valence-corrected chi connectivity index (χ1v) is 6.75. The van der Waals surface area contributed by atoms with E-state index >= 15 is 0 Å². The van der Waals surface area contributed by atoms with Gasteiger partial charge >= 0.3 is 0 Å². The van der Waals surface area contributed by atoms with E-state index in [9.17, 15) is 14.9 Å². The van der Waals surface area contributed by atoms with Crippen LogP contribution in [0.2, 0.25) is 0 Å². The third kappa shape index (κ3) is 3.27. The van der Waals surface area contributed by atoms with Gasteiger partial charge in [-0.2, -0.15) is 0 Å². The molecule has 8 heteroatoms. The number of nitro groups is 1. The molecular formula is C13H19N5O3. The molecule has 1 unspecified atom stereocenters. The number of anilines is 1. The van der Waals surface area contributed by atoms with E-state index in [0.29, 0.717) is 13.1 Å². The Morgan fingerprint density at radius 3 is 2.90 bits per heavy atom. The van der Waals surface area contributed by atoms with Crippen LogP contribution >= 0.6 is 0 Å². The van der Waals surface area contributed by atoms with Crippen molar-refractivity contribution in [2.24, 2.45) is 0 Å². The molecule has 0 aromatic carbocycles. The van der Waals surface area contributed by atoms with Crippen LogP contribution in [0.4, 0.5) is 11.5 Å². The quantitative estimate of drug-likeness (QED) is 0.650. The Kier molecular flexibility index (Phi) is 4.37. The average Bonchev–Trinajstić information content (AvgIpc) is 2.47. The summed E-state index contributed by atoms with van der Waals surface area (Å²) in [5, 5.41) is 10.8. The zero-order valence-corrected chi connectivity index (χ0v) is 12.2. The van der Waals surface area contributed by atoms with Crippen molar-refractivity contribution in [2.75, 3.05) is 32.9 Å². The fraction of sp³-hybridized carbons (Fsp3) is 0.538. The molecular weight excluding hydrogens is 274 g/mol. The van der Waals surface area contributed by atoms with Crippen molar-refractivity contribution in [2.45, 2.75) is 18.9 Å². The summed E-state index contributed by atoms with van der Waals surface area (Å²) >= 11 is 0. The number of carbonyl (C=O) groups is 1. The van der Waals surface area contributed by atoms with Gasteiger partial charge < -0.3 is 15.5 Å². The molecule has 2 N–H and O–H groups in total. The van der Waals surface area contributed by atoms with E-state index in [4.69, 9.17) is 5.73 Å². The monoisotopic (exact) mass is 293 g/mol. The predicted octanol–water partition coefficient (Wildman–Crippen LogP) is 0.738. The van der Waals surface area contributed by atoms with Crippen molar-refractivity contribution in [1.29, 1.82) is 0 Å². The molecule has 1 aromatic rings. The smallest absolute Gasteiger partial charge is 0.288 e. The van der Waals surface area contributed by atoms with Crippen molar-refractivity contribution >= 4 is 17.4 Å². The largest absolute Gasteiger partial charge is 0.383 e. The first-order valence-electron chi connectivity index (χ1n) is 6.75. The van der Waals surface area contributed by atoms with E-state index in [-0.39, 0.29) is 29.0 Å². The second kappa shape index (κ2) is 6.04. The summed E-state index contributed by atoms with van der Waals surface area (Å²) in [7, 11) is 3.95. The first-order chi connectivity index (χ1) is 9.90. The van der Waals surface area contributed by atoms with Gasteiger partial charge in [-0.1, -0.05) is 0 Å². The van der Waals surface area contributed by atoms with Crippen molar-refractivity contribution in [3.8, 4) is 0 Å². The zero-order chi connectivity index (χ0) is 15.6. The SMILES string of the molecule is CN(C)C1CCCN(C(=O)c2cc([N+](=O)[O-])cnc2N)C1. The second-order valence-corrected chi connectivity index (χ2v) is 5.39. The molecule has 1 aliphatic heterocycles. The van der Waals surface area contributed by atoms with Crippen molar-refractivity contribution in [3.63, 3.8) is 0 Å². The Labute approximate surface area is 122 Å². The summed E-state index contributed by atoms with van der Waals surface area (Å²) in [5.41, 5.74) is 5.57. The van der Waals surface area contributed by atoms with Gasteiger partial charge in [-0.15, -0.1) is 0 Å². The number of amides is 1. The van der Waals surface area contributed by atoms with E-state index in [1.54, 1.807) is 4.90 Å². The predicted molar refractivity (Wildman–Crippen MR) is 77.9 cm³/mol. The minimum Gasteiger partial charge on any atom is -0.383 e. The number of nitrogen functional groups attached to an aromatic ring is 1. The van der Waals surface area contributed by atoms with Crippen LogP contribution in [0.15, 0.2) is 12.3 Å². The number of piperidine rings is 1. The topological polar surface area (TPSA) is 106 Å². The molecule has 1 atom stereocenters. The van der Waals surface area contributed by atoms with Crippen molar-refractivity contribution in [3.05, 3.63) is 27.9 Å². The van der Waals surface area contributed by atoms with E-state index < -0.39 is 4.92 Å². The molecule has 1 aliphatic rings. The molecule has 0 radical (unpaired) electrons. The zero-order valence-electron chi connectivity index (χ0n) is 12.2.